The van der Waals surface area contributed by atoms with Gasteiger partial charge in [0.05, 0.1) is 27.6 Å². The van der Waals surface area contributed by atoms with Crippen LogP contribution in [0, 0.1) is 13.8 Å². The fourth-order valence-corrected chi connectivity index (χ4v) is 5.34. The first-order valence-electron chi connectivity index (χ1n) is 10.6. The molecule has 0 radical (unpaired) electrons. The third-order valence-electron chi connectivity index (χ3n) is 5.43. The zero-order valence-corrected chi connectivity index (χ0v) is 19.6. The predicted molar refractivity (Wildman–Crippen MR) is 129 cm³/mol. The Morgan fingerprint density at radius 2 is 1.97 bits per heavy atom. The average molecular weight is 465 g/mol. The van der Waals surface area contributed by atoms with Crippen LogP contribution in [0.5, 0.6) is 0 Å². The normalized spacial score (nSPS) is 13.4. The molecule has 1 aliphatic carbocycles. The van der Waals surface area contributed by atoms with E-state index in [-0.39, 0.29) is 5.91 Å². The van der Waals surface area contributed by atoms with Gasteiger partial charge in [0.2, 0.25) is 5.91 Å². The molecule has 3 heterocycles. The Kier molecular flexibility index (Phi) is 5.84. The number of amides is 1. The fraction of sp³-hybridized carbons (Fsp3) is 0.304. The van der Waals surface area contributed by atoms with Crippen molar-refractivity contribution in [1.82, 2.24) is 24.5 Å². The summed E-state index contributed by atoms with van der Waals surface area (Å²) >= 11 is 3.27. The number of para-hydroxylation sites is 1. The summed E-state index contributed by atoms with van der Waals surface area (Å²) < 4.78 is 4.11. The number of aromatic nitrogens is 5. The van der Waals surface area contributed by atoms with Crippen LogP contribution in [0.3, 0.4) is 0 Å². The van der Waals surface area contributed by atoms with E-state index in [1.165, 1.54) is 0 Å². The van der Waals surface area contributed by atoms with Crippen molar-refractivity contribution in [2.45, 2.75) is 44.3 Å². The highest BCUT2D eigenvalue weighted by Gasteiger charge is 2.30. The lowest BCUT2D eigenvalue weighted by atomic mass is 10.3. The first kappa shape index (κ1) is 21.0. The van der Waals surface area contributed by atoms with Crippen LogP contribution in [0.4, 0.5) is 5.69 Å². The Morgan fingerprint density at radius 3 is 2.69 bits per heavy atom. The first-order chi connectivity index (χ1) is 15.6. The van der Waals surface area contributed by atoms with Gasteiger partial charge in [-0.25, -0.2) is 4.68 Å². The molecule has 164 valence electrons. The molecule has 0 unspecified atom stereocenters. The number of benzene rings is 1. The summed E-state index contributed by atoms with van der Waals surface area (Å²) in [4.78, 5) is 13.8. The Balaban J connectivity index is 1.23. The minimum absolute atomic E-state index is 0.0210. The second-order valence-electron chi connectivity index (χ2n) is 7.82. The SMILES string of the molecule is Cc1nn(-c2ccccc2)c(C)c1NC(=O)CCSc1nnc(-c2cccs2)n1C1CC1. The van der Waals surface area contributed by atoms with E-state index in [2.05, 4.69) is 36.6 Å². The Hall–Kier alpha value is -2.91. The van der Waals surface area contributed by atoms with Gasteiger partial charge in [0.15, 0.2) is 11.0 Å². The number of nitrogens with one attached hydrogen (secondary N) is 1. The molecule has 1 fully saturated rings. The van der Waals surface area contributed by atoms with E-state index in [9.17, 15) is 4.79 Å². The molecule has 5 rings (SSSR count). The number of anilines is 1. The third-order valence-corrected chi connectivity index (χ3v) is 7.25. The number of aryl methyl sites for hydroxylation is 1. The number of nitrogens with zero attached hydrogens (tertiary/aromatic N) is 5. The molecule has 32 heavy (non-hydrogen) atoms. The Morgan fingerprint density at radius 1 is 1.16 bits per heavy atom. The lowest BCUT2D eigenvalue weighted by molar-refractivity contribution is -0.115. The van der Waals surface area contributed by atoms with Crippen molar-refractivity contribution in [2.75, 3.05) is 11.1 Å². The van der Waals surface area contributed by atoms with Gasteiger partial charge in [-0.2, -0.15) is 5.10 Å². The first-order valence-corrected chi connectivity index (χ1v) is 12.5. The fourth-order valence-electron chi connectivity index (χ4n) is 3.69. The topological polar surface area (TPSA) is 77.6 Å². The van der Waals surface area contributed by atoms with E-state index in [4.69, 9.17) is 0 Å². The molecule has 7 nitrogen and oxygen atoms in total. The van der Waals surface area contributed by atoms with Crippen LogP contribution in [0.1, 0.15) is 36.7 Å². The summed E-state index contributed by atoms with van der Waals surface area (Å²) in [5.41, 5.74) is 3.49. The van der Waals surface area contributed by atoms with Crippen LogP contribution in [0.25, 0.3) is 16.4 Å². The van der Waals surface area contributed by atoms with E-state index in [0.717, 1.165) is 51.5 Å². The Labute approximate surface area is 194 Å². The summed E-state index contributed by atoms with van der Waals surface area (Å²) in [6.07, 6.45) is 2.72. The van der Waals surface area contributed by atoms with Gasteiger partial charge in [-0.1, -0.05) is 36.0 Å². The average Bonchev–Trinajstić information content (AvgIpc) is 3.20. The van der Waals surface area contributed by atoms with E-state index >= 15 is 0 Å². The van der Waals surface area contributed by atoms with Crippen LogP contribution >= 0.6 is 23.1 Å². The summed E-state index contributed by atoms with van der Waals surface area (Å²) in [5, 5.41) is 19.5. The predicted octanol–water partition coefficient (Wildman–Crippen LogP) is 5.26. The van der Waals surface area contributed by atoms with Crippen LogP contribution < -0.4 is 5.32 Å². The van der Waals surface area contributed by atoms with Crippen molar-refractivity contribution in [3.05, 3.63) is 59.2 Å². The van der Waals surface area contributed by atoms with Gasteiger partial charge in [0, 0.05) is 18.2 Å². The molecule has 3 aromatic heterocycles. The molecule has 4 aromatic rings. The highest BCUT2D eigenvalue weighted by Crippen LogP contribution is 2.41. The molecule has 0 saturated heterocycles. The number of thiophene rings is 1. The number of carbonyl (C=O) groups excluding carboxylic acids is 1. The van der Waals surface area contributed by atoms with Gasteiger partial charge in [0.1, 0.15) is 0 Å². The minimum Gasteiger partial charge on any atom is -0.323 e. The maximum atomic E-state index is 12.7. The van der Waals surface area contributed by atoms with Crippen LogP contribution in [0.15, 0.2) is 53.0 Å². The van der Waals surface area contributed by atoms with Gasteiger partial charge in [0.25, 0.3) is 0 Å². The second-order valence-corrected chi connectivity index (χ2v) is 9.83. The monoisotopic (exact) mass is 464 g/mol. The largest absolute Gasteiger partial charge is 0.323 e. The molecule has 1 aliphatic rings. The van der Waals surface area contributed by atoms with Gasteiger partial charge >= 0.3 is 0 Å². The number of hydrogen-bond donors (Lipinski definition) is 1. The van der Waals surface area contributed by atoms with Crippen molar-refractivity contribution in [3.63, 3.8) is 0 Å². The summed E-state index contributed by atoms with van der Waals surface area (Å²) in [6.45, 7) is 3.89. The lowest BCUT2D eigenvalue weighted by Gasteiger charge is -2.08. The quantitative estimate of drug-likeness (QED) is 0.360. The van der Waals surface area contributed by atoms with Crippen LogP contribution in [-0.2, 0) is 4.79 Å². The van der Waals surface area contributed by atoms with Gasteiger partial charge < -0.3 is 5.32 Å². The van der Waals surface area contributed by atoms with E-state index in [1.54, 1.807) is 23.1 Å². The minimum atomic E-state index is -0.0210. The van der Waals surface area contributed by atoms with Crippen LogP contribution in [-0.4, -0.2) is 36.2 Å². The van der Waals surface area contributed by atoms with Crippen LogP contribution in [0.2, 0.25) is 0 Å². The highest BCUT2D eigenvalue weighted by atomic mass is 32.2. The van der Waals surface area contributed by atoms with Crippen molar-refractivity contribution < 1.29 is 4.79 Å². The zero-order valence-electron chi connectivity index (χ0n) is 18.0. The van der Waals surface area contributed by atoms with Crippen molar-refractivity contribution in [1.29, 1.82) is 0 Å². The lowest BCUT2D eigenvalue weighted by Crippen LogP contribution is -2.13. The molecule has 0 bridgehead atoms. The van der Waals surface area contributed by atoms with Gasteiger partial charge in [-0.15, -0.1) is 21.5 Å². The number of hydrogen-bond acceptors (Lipinski definition) is 6. The molecule has 0 spiro atoms. The van der Waals surface area contributed by atoms with E-state index in [0.29, 0.717) is 18.2 Å². The number of thioether (sulfide) groups is 1. The van der Waals surface area contributed by atoms with E-state index in [1.807, 2.05) is 54.9 Å². The molecule has 9 heteroatoms. The maximum Gasteiger partial charge on any atom is 0.225 e. The van der Waals surface area contributed by atoms with Gasteiger partial charge in [-0.3, -0.25) is 9.36 Å². The summed E-state index contributed by atoms with van der Waals surface area (Å²) in [6, 6.07) is 14.5. The zero-order chi connectivity index (χ0) is 22.1. The van der Waals surface area contributed by atoms with Crippen molar-refractivity contribution >= 4 is 34.7 Å². The van der Waals surface area contributed by atoms with Crippen molar-refractivity contribution in [2.24, 2.45) is 0 Å². The second kappa shape index (κ2) is 8.91. The molecular weight excluding hydrogens is 440 g/mol. The number of carbonyl (C=O) groups is 1. The number of rotatable bonds is 8. The Bertz CT molecular complexity index is 1230. The van der Waals surface area contributed by atoms with E-state index < -0.39 is 0 Å². The third kappa shape index (κ3) is 4.22. The summed E-state index contributed by atoms with van der Waals surface area (Å²) in [7, 11) is 0. The van der Waals surface area contributed by atoms with Gasteiger partial charge in [-0.05, 0) is 50.3 Å². The molecule has 0 aliphatic heterocycles. The standard InChI is InChI=1S/C23H24N6OS2/c1-15-21(16(2)29(27-15)18-7-4-3-5-8-18)24-20(30)12-14-32-23-26-25-22(19-9-6-13-31-19)28(23)17-10-11-17/h3-9,13,17H,10-12,14H2,1-2H3,(H,24,30). The summed E-state index contributed by atoms with van der Waals surface area (Å²) in [5.74, 6) is 1.56. The molecule has 1 amide bonds. The highest BCUT2D eigenvalue weighted by molar-refractivity contribution is 7.99. The van der Waals surface area contributed by atoms with Crippen molar-refractivity contribution in [3.8, 4) is 16.4 Å². The smallest absolute Gasteiger partial charge is 0.225 e. The molecule has 1 aromatic carbocycles. The molecule has 1 N–H and O–H groups in total. The molecule has 1 saturated carbocycles. The molecule has 0 atom stereocenters. The molecular formula is C23H24N6OS2. The maximum absolute atomic E-state index is 12.7.